The molecule has 1 atom stereocenters. The van der Waals surface area contributed by atoms with Gasteiger partial charge in [0.1, 0.15) is 0 Å². The van der Waals surface area contributed by atoms with E-state index in [1.54, 1.807) is 0 Å². The summed E-state index contributed by atoms with van der Waals surface area (Å²) in [5, 5.41) is 2.02. The topological polar surface area (TPSA) is 90.9 Å². The third-order valence-corrected chi connectivity index (χ3v) is 2.03. The Morgan fingerprint density at radius 2 is 2.07 bits per heavy atom. The molecule has 2 amide bonds. The fourth-order valence-electron chi connectivity index (χ4n) is 1.19. The number of ether oxygens (including phenoxy) is 3. The number of rotatable bonds is 2. The summed E-state index contributed by atoms with van der Waals surface area (Å²) < 4.78 is 14.2. The van der Waals surface area contributed by atoms with Crippen LogP contribution in [0.3, 0.4) is 0 Å². The van der Waals surface area contributed by atoms with Crippen molar-refractivity contribution in [3.8, 4) is 0 Å². The van der Waals surface area contributed by atoms with Crippen molar-refractivity contribution in [1.29, 1.82) is 0 Å². The summed E-state index contributed by atoms with van der Waals surface area (Å²) >= 11 is 0. The Labute approximate surface area is 84.7 Å². The Morgan fingerprint density at radius 1 is 1.33 bits per heavy atom. The van der Waals surface area contributed by atoms with E-state index >= 15 is 0 Å². The van der Waals surface area contributed by atoms with E-state index in [-0.39, 0.29) is 12.5 Å². The summed E-state index contributed by atoms with van der Waals surface area (Å²) in [6.07, 6.45) is -2.46. The van der Waals surface area contributed by atoms with E-state index in [9.17, 15) is 14.4 Å². The van der Waals surface area contributed by atoms with Gasteiger partial charge in [0.2, 0.25) is 5.91 Å². The Kier molecular flexibility index (Phi) is 2.55. The van der Waals surface area contributed by atoms with Crippen LogP contribution < -0.4 is 5.32 Å². The first kappa shape index (κ1) is 9.91. The second-order valence-corrected chi connectivity index (χ2v) is 3.25. The smallest absolute Gasteiger partial charge is 0.426 e. The van der Waals surface area contributed by atoms with Crippen molar-refractivity contribution < 1.29 is 28.6 Å². The highest BCUT2D eigenvalue weighted by molar-refractivity contribution is 6.05. The average Bonchev–Trinajstić information content (AvgIpc) is 2.38. The van der Waals surface area contributed by atoms with Gasteiger partial charge < -0.3 is 14.2 Å². The summed E-state index contributed by atoms with van der Waals surface area (Å²) in [6.45, 7) is 0.676. The number of hydrogen-bond acceptors (Lipinski definition) is 6. The van der Waals surface area contributed by atoms with Crippen molar-refractivity contribution in [2.75, 3.05) is 13.2 Å². The highest BCUT2D eigenvalue weighted by atomic mass is 16.7. The molecule has 15 heavy (non-hydrogen) atoms. The van der Waals surface area contributed by atoms with E-state index in [1.165, 1.54) is 0 Å². The predicted octanol–water partition coefficient (Wildman–Crippen LogP) is -1.05. The van der Waals surface area contributed by atoms with Gasteiger partial charge in [0.05, 0.1) is 19.6 Å². The molecule has 2 aliphatic heterocycles. The van der Waals surface area contributed by atoms with Crippen molar-refractivity contribution >= 4 is 18.0 Å². The first-order valence-corrected chi connectivity index (χ1v) is 4.44. The summed E-state index contributed by atoms with van der Waals surface area (Å²) in [5.41, 5.74) is 0. The summed E-state index contributed by atoms with van der Waals surface area (Å²) in [7, 11) is 0. The molecule has 2 saturated heterocycles. The molecule has 7 nitrogen and oxygen atoms in total. The van der Waals surface area contributed by atoms with E-state index in [0.717, 1.165) is 0 Å². The van der Waals surface area contributed by atoms with Crippen molar-refractivity contribution in [3.63, 3.8) is 0 Å². The fourth-order valence-corrected chi connectivity index (χ4v) is 1.19. The van der Waals surface area contributed by atoms with E-state index in [4.69, 9.17) is 9.47 Å². The standard InChI is InChI=1S/C8H9NO6/c10-6-1-5(7(11)9-6)15-8(12)14-4-2-13-3-4/h4-5H,1-3H2,(H,9,10,11). The number of carbonyl (C=O) groups is 3. The largest absolute Gasteiger partial charge is 0.509 e. The lowest BCUT2D eigenvalue weighted by Gasteiger charge is -2.25. The van der Waals surface area contributed by atoms with Crippen LogP contribution in [0.2, 0.25) is 0 Å². The Balaban J connectivity index is 1.78. The molecule has 0 aromatic rings. The molecule has 0 radical (unpaired) electrons. The van der Waals surface area contributed by atoms with Crippen molar-refractivity contribution in [3.05, 3.63) is 0 Å². The Bertz CT molecular complexity index is 310. The molecule has 2 fully saturated rings. The van der Waals surface area contributed by atoms with Crippen LogP contribution in [0.1, 0.15) is 6.42 Å². The van der Waals surface area contributed by atoms with Crippen LogP contribution in [0.15, 0.2) is 0 Å². The maximum absolute atomic E-state index is 11.1. The van der Waals surface area contributed by atoms with Crippen molar-refractivity contribution in [2.24, 2.45) is 0 Å². The van der Waals surface area contributed by atoms with Crippen LogP contribution in [-0.2, 0) is 23.8 Å². The summed E-state index contributed by atoms with van der Waals surface area (Å²) in [6, 6.07) is 0. The lowest BCUT2D eigenvalue weighted by Crippen LogP contribution is -2.39. The molecule has 82 valence electrons. The van der Waals surface area contributed by atoms with E-state index in [2.05, 4.69) is 4.74 Å². The molecule has 2 heterocycles. The van der Waals surface area contributed by atoms with Crippen LogP contribution in [-0.4, -0.2) is 43.4 Å². The van der Waals surface area contributed by atoms with Gasteiger partial charge in [-0.05, 0) is 0 Å². The van der Waals surface area contributed by atoms with E-state index in [1.807, 2.05) is 5.32 Å². The first-order chi connectivity index (χ1) is 7.15. The number of imide groups is 1. The summed E-state index contributed by atoms with van der Waals surface area (Å²) in [4.78, 5) is 32.8. The van der Waals surface area contributed by atoms with Gasteiger partial charge in [0.25, 0.3) is 5.91 Å². The molecule has 0 saturated carbocycles. The van der Waals surface area contributed by atoms with Gasteiger partial charge in [-0.3, -0.25) is 14.9 Å². The second kappa shape index (κ2) is 3.85. The SMILES string of the molecule is O=C1CC(OC(=O)OC2COC2)C(=O)N1. The van der Waals surface area contributed by atoms with Crippen LogP contribution >= 0.6 is 0 Å². The number of carbonyl (C=O) groups excluding carboxylic acids is 3. The monoisotopic (exact) mass is 215 g/mol. The van der Waals surface area contributed by atoms with E-state index in [0.29, 0.717) is 13.2 Å². The van der Waals surface area contributed by atoms with Gasteiger partial charge in [0.15, 0.2) is 12.2 Å². The maximum atomic E-state index is 11.1. The molecule has 1 N–H and O–H groups in total. The van der Waals surface area contributed by atoms with Gasteiger partial charge in [-0.15, -0.1) is 0 Å². The van der Waals surface area contributed by atoms with E-state index < -0.39 is 24.1 Å². The van der Waals surface area contributed by atoms with Gasteiger partial charge in [-0.1, -0.05) is 0 Å². The maximum Gasteiger partial charge on any atom is 0.509 e. The molecule has 2 aliphatic rings. The van der Waals surface area contributed by atoms with Crippen molar-refractivity contribution in [2.45, 2.75) is 18.6 Å². The molecule has 0 aromatic carbocycles. The van der Waals surface area contributed by atoms with Crippen LogP contribution in [0, 0.1) is 0 Å². The zero-order valence-corrected chi connectivity index (χ0v) is 7.73. The Morgan fingerprint density at radius 3 is 2.53 bits per heavy atom. The minimum absolute atomic E-state index is 0.144. The van der Waals surface area contributed by atoms with Crippen LogP contribution in [0.4, 0.5) is 4.79 Å². The van der Waals surface area contributed by atoms with Crippen LogP contribution in [0.5, 0.6) is 0 Å². The molecule has 0 aromatic heterocycles. The zero-order valence-electron chi connectivity index (χ0n) is 7.73. The normalized spacial score (nSPS) is 25.7. The zero-order chi connectivity index (χ0) is 10.8. The van der Waals surface area contributed by atoms with Gasteiger partial charge in [-0.2, -0.15) is 0 Å². The summed E-state index contributed by atoms with van der Waals surface area (Å²) in [5.74, 6) is -1.06. The Hall–Kier alpha value is -1.63. The molecule has 0 aliphatic carbocycles. The predicted molar refractivity (Wildman–Crippen MR) is 43.7 cm³/mol. The number of amides is 2. The fraction of sp³-hybridized carbons (Fsp3) is 0.625. The number of nitrogens with one attached hydrogen (secondary N) is 1. The van der Waals surface area contributed by atoms with Gasteiger partial charge in [-0.25, -0.2) is 4.79 Å². The first-order valence-electron chi connectivity index (χ1n) is 4.44. The molecular weight excluding hydrogens is 206 g/mol. The molecule has 1 unspecified atom stereocenters. The third kappa shape index (κ3) is 2.24. The molecular formula is C8H9NO6. The minimum atomic E-state index is -1.06. The van der Waals surface area contributed by atoms with Gasteiger partial charge in [0, 0.05) is 0 Å². The lowest BCUT2D eigenvalue weighted by atomic mass is 10.3. The third-order valence-electron chi connectivity index (χ3n) is 2.03. The molecule has 7 heteroatoms. The van der Waals surface area contributed by atoms with Crippen molar-refractivity contribution in [1.82, 2.24) is 5.32 Å². The minimum Gasteiger partial charge on any atom is -0.426 e. The number of hydrogen-bond donors (Lipinski definition) is 1. The highest BCUT2D eigenvalue weighted by Crippen LogP contribution is 2.11. The highest BCUT2D eigenvalue weighted by Gasteiger charge is 2.35. The molecule has 0 spiro atoms. The van der Waals surface area contributed by atoms with Crippen LogP contribution in [0.25, 0.3) is 0 Å². The lowest BCUT2D eigenvalue weighted by molar-refractivity contribution is -0.134. The second-order valence-electron chi connectivity index (χ2n) is 3.25. The molecule has 2 rings (SSSR count). The molecule has 0 bridgehead atoms. The quantitative estimate of drug-likeness (QED) is 0.467. The van der Waals surface area contributed by atoms with Gasteiger partial charge >= 0.3 is 6.16 Å². The average molecular weight is 215 g/mol.